The van der Waals surface area contributed by atoms with Gasteiger partial charge in [0.1, 0.15) is 5.69 Å². The lowest BCUT2D eigenvalue weighted by Gasteiger charge is -2.03. The summed E-state index contributed by atoms with van der Waals surface area (Å²) in [5.41, 5.74) is 4.86. The Morgan fingerprint density at radius 2 is 1.96 bits per heavy atom. The number of nitrogens with zero attached hydrogens (tertiary/aromatic N) is 2. The lowest BCUT2D eigenvalue weighted by Crippen LogP contribution is -2.15. The zero-order valence-corrected chi connectivity index (χ0v) is 14.9. The Morgan fingerprint density at radius 1 is 1.17 bits per heavy atom. The number of nitrogens with one attached hydrogen (secondary N) is 1. The van der Waals surface area contributed by atoms with Crippen LogP contribution in [0.2, 0.25) is 0 Å². The molecule has 6 heteroatoms. The highest BCUT2D eigenvalue weighted by atomic mass is 32.1. The second-order valence-electron chi connectivity index (χ2n) is 5.62. The summed E-state index contributed by atoms with van der Waals surface area (Å²) in [6, 6.07) is 12.1. The molecular weight excluding hydrogens is 338 g/mol. The van der Waals surface area contributed by atoms with Crippen LogP contribution in [0.5, 0.6) is 0 Å². The Kier molecular flexibility index (Phi) is 3.70. The van der Waals surface area contributed by atoms with Gasteiger partial charge in [-0.1, -0.05) is 29.8 Å². The topological polar surface area (TPSA) is 46.9 Å². The number of carbonyl (C=O) groups is 1. The molecule has 0 saturated heterocycles. The summed E-state index contributed by atoms with van der Waals surface area (Å²) in [7, 11) is 1.91. The van der Waals surface area contributed by atoms with Crippen molar-refractivity contribution in [2.45, 2.75) is 6.92 Å². The molecule has 4 rings (SSSR count). The smallest absolute Gasteiger partial charge is 0.274 e. The van der Waals surface area contributed by atoms with Crippen LogP contribution >= 0.6 is 22.7 Å². The number of benzene rings is 1. The number of thiophene rings is 1. The number of aromatic nitrogens is 2. The molecule has 0 bridgehead atoms. The molecular formula is C18H15N3OS2. The van der Waals surface area contributed by atoms with E-state index >= 15 is 0 Å². The number of rotatable bonds is 3. The average molecular weight is 353 g/mol. The highest BCUT2D eigenvalue weighted by molar-refractivity contribution is 7.17. The number of amides is 1. The first-order valence-electron chi connectivity index (χ1n) is 7.48. The molecule has 1 aromatic carbocycles. The van der Waals surface area contributed by atoms with Crippen LogP contribution in [-0.2, 0) is 7.05 Å². The van der Waals surface area contributed by atoms with Crippen LogP contribution in [0.1, 0.15) is 16.1 Å². The predicted octanol–water partition coefficient (Wildman–Crippen LogP) is 4.92. The fourth-order valence-corrected chi connectivity index (χ4v) is 4.18. The molecule has 0 spiro atoms. The highest BCUT2D eigenvalue weighted by Crippen LogP contribution is 2.27. The van der Waals surface area contributed by atoms with E-state index in [4.69, 9.17) is 0 Å². The van der Waals surface area contributed by atoms with Crippen LogP contribution in [0, 0.1) is 6.92 Å². The Bertz CT molecular complexity index is 1020. The SMILES string of the molecule is Cc1ccc(-c2csc(NC(=O)c3cc4sccc4n3C)n2)cc1. The van der Waals surface area contributed by atoms with Gasteiger partial charge in [-0.2, -0.15) is 0 Å². The van der Waals surface area contributed by atoms with Crippen molar-refractivity contribution < 1.29 is 4.79 Å². The lowest BCUT2D eigenvalue weighted by molar-refractivity contribution is 0.102. The van der Waals surface area contributed by atoms with E-state index in [0.29, 0.717) is 10.8 Å². The first kappa shape index (κ1) is 15.1. The Labute approximate surface area is 147 Å². The van der Waals surface area contributed by atoms with Crippen molar-refractivity contribution >= 4 is 43.9 Å². The number of fused-ring (bicyclic) bond motifs is 1. The second kappa shape index (κ2) is 5.89. The predicted molar refractivity (Wildman–Crippen MR) is 101 cm³/mol. The van der Waals surface area contributed by atoms with E-state index in [9.17, 15) is 4.79 Å². The molecule has 0 aliphatic carbocycles. The van der Waals surface area contributed by atoms with Gasteiger partial charge in [0.15, 0.2) is 5.13 Å². The van der Waals surface area contributed by atoms with Crippen molar-refractivity contribution in [3.8, 4) is 11.3 Å². The van der Waals surface area contributed by atoms with E-state index in [1.807, 2.05) is 46.6 Å². The normalized spacial score (nSPS) is 11.1. The van der Waals surface area contributed by atoms with Crippen LogP contribution in [0.4, 0.5) is 5.13 Å². The van der Waals surface area contributed by atoms with Gasteiger partial charge in [-0.3, -0.25) is 10.1 Å². The van der Waals surface area contributed by atoms with Gasteiger partial charge in [-0.25, -0.2) is 4.98 Å². The quantitative estimate of drug-likeness (QED) is 0.568. The summed E-state index contributed by atoms with van der Waals surface area (Å²) in [4.78, 5) is 17.1. The average Bonchev–Trinajstić information content (AvgIpc) is 3.26. The number of anilines is 1. The molecule has 0 atom stereocenters. The maximum absolute atomic E-state index is 12.5. The maximum atomic E-state index is 12.5. The van der Waals surface area contributed by atoms with Crippen LogP contribution in [0.15, 0.2) is 47.2 Å². The van der Waals surface area contributed by atoms with Crippen LogP contribution in [0.3, 0.4) is 0 Å². The zero-order chi connectivity index (χ0) is 16.7. The summed E-state index contributed by atoms with van der Waals surface area (Å²) in [5.74, 6) is -0.134. The molecule has 1 amide bonds. The highest BCUT2D eigenvalue weighted by Gasteiger charge is 2.15. The second-order valence-corrected chi connectivity index (χ2v) is 7.42. The molecule has 1 N–H and O–H groups in total. The van der Waals surface area contributed by atoms with Gasteiger partial charge in [0.25, 0.3) is 5.91 Å². The summed E-state index contributed by atoms with van der Waals surface area (Å²) in [6.07, 6.45) is 0. The molecule has 0 fully saturated rings. The zero-order valence-electron chi connectivity index (χ0n) is 13.2. The molecule has 0 aliphatic rings. The lowest BCUT2D eigenvalue weighted by atomic mass is 10.1. The molecule has 4 nitrogen and oxygen atoms in total. The van der Waals surface area contributed by atoms with E-state index in [1.165, 1.54) is 16.9 Å². The molecule has 0 saturated carbocycles. The third-order valence-corrected chi connectivity index (χ3v) is 5.58. The van der Waals surface area contributed by atoms with E-state index in [0.717, 1.165) is 21.5 Å². The molecule has 3 aromatic heterocycles. The van der Waals surface area contributed by atoms with Crippen molar-refractivity contribution in [3.63, 3.8) is 0 Å². The van der Waals surface area contributed by atoms with Gasteiger partial charge >= 0.3 is 0 Å². The van der Waals surface area contributed by atoms with E-state index in [2.05, 4.69) is 29.4 Å². The standard InChI is InChI=1S/C18H15N3OS2/c1-11-3-5-12(6-4-11)13-10-24-18(19-13)20-17(22)15-9-16-14(21(15)2)7-8-23-16/h3-10H,1-2H3,(H,19,20,22). The number of hydrogen-bond donors (Lipinski definition) is 1. The number of hydrogen-bond acceptors (Lipinski definition) is 4. The largest absolute Gasteiger partial charge is 0.339 e. The minimum absolute atomic E-state index is 0.134. The molecule has 4 aromatic rings. The minimum Gasteiger partial charge on any atom is -0.339 e. The fraction of sp³-hybridized carbons (Fsp3) is 0.111. The van der Waals surface area contributed by atoms with Crippen molar-refractivity contribution in [1.29, 1.82) is 0 Å². The van der Waals surface area contributed by atoms with Gasteiger partial charge in [0.2, 0.25) is 0 Å². The van der Waals surface area contributed by atoms with Gasteiger partial charge < -0.3 is 4.57 Å². The molecule has 0 radical (unpaired) electrons. The number of thiazole rings is 1. The summed E-state index contributed by atoms with van der Waals surface area (Å²) < 4.78 is 3.03. The van der Waals surface area contributed by atoms with Crippen LogP contribution < -0.4 is 5.32 Å². The third-order valence-electron chi connectivity index (χ3n) is 3.97. The minimum atomic E-state index is -0.134. The van der Waals surface area contributed by atoms with Gasteiger partial charge in [0.05, 0.1) is 15.9 Å². The molecule has 120 valence electrons. The van der Waals surface area contributed by atoms with Gasteiger partial charge in [-0.15, -0.1) is 22.7 Å². The number of carbonyl (C=O) groups excluding carboxylic acids is 1. The van der Waals surface area contributed by atoms with Gasteiger partial charge in [0, 0.05) is 18.0 Å². The first-order valence-corrected chi connectivity index (χ1v) is 9.24. The van der Waals surface area contributed by atoms with Crippen molar-refractivity contribution in [3.05, 3.63) is 58.4 Å². The van der Waals surface area contributed by atoms with E-state index < -0.39 is 0 Å². The van der Waals surface area contributed by atoms with Gasteiger partial charge in [-0.05, 0) is 24.4 Å². The van der Waals surface area contributed by atoms with Crippen LogP contribution in [0.25, 0.3) is 21.5 Å². The maximum Gasteiger partial charge on any atom is 0.274 e. The Morgan fingerprint density at radius 3 is 2.71 bits per heavy atom. The van der Waals surface area contributed by atoms with E-state index in [-0.39, 0.29) is 5.91 Å². The molecule has 0 unspecified atom stereocenters. The van der Waals surface area contributed by atoms with Crippen molar-refractivity contribution in [1.82, 2.24) is 9.55 Å². The summed E-state index contributed by atoms with van der Waals surface area (Å²) in [6.45, 7) is 2.06. The first-order chi connectivity index (χ1) is 11.6. The third kappa shape index (κ3) is 2.64. The monoisotopic (exact) mass is 353 g/mol. The molecule has 0 aliphatic heterocycles. The van der Waals surface area contributed by atoms with E-state index in [1.54, 1.807) is 11.3 Å². The fourth-order valence-electron chi connectivity index (χ4n) is 2.62. The van der Waals surface area contributed by atoms with Crippen molar-refractivity contribution in [2.75, 3.05) is 5.32 Å². The summed E-state index contributed by atoms with van der Waals surface area (Å²) in [5, 5.41) is 7.51. The summed E-state index contributed by atoms with van der Waals surface area (Å²) >= 11 is 3.07. The molecule has 3 heterocycles. The Balaban J connectivity index is 1.57. The van der Waals surface area contributed by atoms with Crippen LogP contribution in [-0.4, -0.2) is 15.5 Å². The number of aryl methyl sites for hydroxylation is 2. The molecule has 24 heavy (non-hydrogen) atoms. The Hall–Kier alpha value is -2.44. The van der Waals surface area contributed by atoms with Crippen molar-refractivity contribution in [2.24, 2.45) is 7.05 Å².